The number of nitrogens with one attached hydrogen (secondary N) is 1. The molecule has 3 heteroatoms. The average molecular weight is 223 g/mol. The third kappa shape index (κ3) is 1.66. The standard InChI is InChI=1S/2C4H9.C3H3NO.Ca/c2*1-4(2)3;1-2-4-3-5;/h2*1-3H3;1-2H,(H,4,5);. The Hall–Kier alpha value is 0.470. The molecule has 0 aromatic rings. The van der Waals surface area contributed by atoms with Crippen molar-refractivity contribution in [2.24, 2.45) is 0 Å². The number of carbonyl (C=O) groups is 1. The molecule has 1 rings (SSSR count). The average Bonchev–Trinajstić information content (AvgIpc) is 2.27. The molecular formula is C11H21CaNO. The quantitative estimate of drug-likeness (QED) is 0.627. The molecule has 2 radical (unpaired) electrons. The molecule has 0 aliphatic carbocycles. The Balaban J connectivity index is 3.31. The van der Waals surface area contributed by atoms with Crippen LogP contribution in [0.4, 0.5) is 4.79 Å². The van der Waals surface area contributed by atoms with E-state index in [1.807, 2.05) is 6.20 Å². The SMILES string of the molecule is C[C](C)(C)[Ca]1([C](C)(C)C)[CH]=CN[C]1=O. The van der Waals surface area contributed by atoms with E-state index in [-0.39, 0.29) is 3.02 Å². The second kappa shape index (κ2) is 3.50. The van der Waals surface area contributed by atoms with Crippen LogP contribution in [0.15, 0.2) is 8.37 Å². The van der Waals surface area contributed by atoms with Gasteiger partial charge in [-0.3, -0.25) is 0 Å². The monoisotopic (exact) mass is 223 g/mol. The normalized spacial score (nSPS) is 21.1. The van der Waals surface area contributed by atoms with E-state index < -0.39 is 29.9 Å². The number of hydrogen-bond donors (Lipinski definition) is 1. The number of hydrogen-bond acceptors (Lipinski definition) is 1. The van der Waals surface area contributed by atoms with Gasteiger partial charge in [0.2, 0.25) is 0 Å². The number of carbonyl (C=O) groups excluding carboxylic acids is 1. The molecule has 0 saturated carbocycles. The minimum absolute atomic E-state index is 0.152. The van der Waals surface area contributed by atoms with E-state index in [4.69, 9.17) is 0 Å². The molecule has 0 aromatic carbocycles. The molecule has 0 aromatic heterocycles. The van der Waals surface area contributed by atoms with E-state index in [0.29, 0.717) is 2.00 Å². The van der Waals surface area contributed by atoms with Crippen LogP contribution in [0, 0.1) is 0 Å². The summed E-state index contributed by atoms with van der Waals surface area (Å²) >= 11 is -3.03. The van der Waals surface area contributed by atoms with Crippen LogP contribution in [-0.2, 0) is 0 Å². The zero-order valence-corrected chi connectivity index (χ0v) is 12.5. The summed E-state index contributed by atoms with van der Waals surface area (Å²) < 4.78 is 2.89. The van der Waals surface area contributed by atoms with Gasteiger partial charge in [-0.15, -0.1) is 0 Å². The minimum atomic E-state index is -3.03. The van der Waals surface area contributed by atoms with Crippen LogP contribution >= 0.6 is 0 Å². The van der Waals surface area contributed by atoms with Gasteiger partial charge in [0.15, 0.2) is 0 Å². The summed E-state index contributed by atoms with van der Waals surface area (Å²) in [7, 11) is 0. The van der Waals surface area contributed by atoms with Gasteiger partial charge in [0.25, 0.3) is 0 Å². The van der Waals surface area contributed by atoms with Gasteiger partial charge in [0.1, 0.15) is 0 Å². The molecule has 14 heavy (non-hydrogen) atoms. The van der Waals surface area contributed by atoms with Crippen molar-refractivity contribution in [3.63, 3.8) is 0 Å². The van der Waals surface area contributed by atoms with Crippen LogP contribution in [-0.4, -0.2) is 31.9 Å². The van der Waals surface area contributed by atoms with Gasteiger partial charge in [0.05, 0.1) is 0 Å². The maximum atomic E-state index is 12.1. The van der Waals surface area contributed by atoms with Crippen molar-refractivity contribution in [2.45, 2.75) is 44.6 Å². The van der Waals surface area contributed by atoms with E-state index in [2.05, 4.69) is 49.0 Å². The predicted molar refractivity (Wildman–Crippen MR) is 62.9 cm³/mol. The molecule has 1 amide bonds. The Kier molecular flexibility index (Phi) is 3.13. The third-order valence-electron chi connectivity index (χ3n) is 4.57. The van der Waals surface area contributed by atoms with E-state index in [1.54, 1.807) is 0 Å². The van der Waals surface area contributed by atoms with Gasteiger partial charge in [-0.2, -0.15) is 0 Å². The van der Waals surface area contributed by atoms with E-state index >= 15 is 0 Å². The van der Waals surface area contributed by atoms with Crippen molar-refractivity contribution in [2.75, 3.05) is 0 Å². The van der Waals surface area contributed by atoms with Crippen LogP contribution in [0.5, 0.6) is 0 Å². The fourth-order valence-electron chi connectivity index (χ4n) is 3.86. The summed E-state index contributed by atoms with van der Waals surface area (Å²) in [4.78, 5) is 12.1. The van der Waals surface area contributed by atoms with E-state index in [0.717, 1.165) is 0 Å². The molecule has 0 atom stereocenters. The summed E-state index contributed by atoms with van der Waals surface area (Å²) in [5, 5.41) is 2.90. The molecule has 0 bridgehead atoms. The Labute approximate surface area is 94.1 Å². The van der Waals surface area contributed by atoms with Gasteiger partial charge in [-0.05, 0) is 0 Å². The van der Waals surface area contributed by atoms with Crippen LogP contribution in [0.1, 0.15) is 41.5 Å². The summed E-state index contributed by atoms with van der Waals surface area (Å²) in [5.74, 6) is 0. The predicted octanol–water partition coefficient (Wildman–Crippen LogP) is 3.39. The fraction of sp³-hybridized carbons (Fsp3) is 0.727. The molecule has 0 saturated heterocycles. The maximum absolute atomic E-state index is 12.1. The molecule has 0 unspecified atom stereocenters. The summed E-state index contributed by atoms with van der Waals surface area (Å²) in [5.41, 5.74) is 0. The zero-order chi connectivity index (χ0) is 11.2. The molecule has 1 heterocycles. The summed E-state index contributed by atoms with van der Waals surface area (Å²) in [6.45, 7) is 13.3. The van der Waals surface area contributed by atoms with Crippen LogP contribution in [0.3, 0.4) is 0 Å². The second-order valence-electron chi connectivity index (χ2n) is 7.23. The molecular weight excluding hydrogens is 202 g/mol. The fourth-order valence-corrected chi connectivity index (χ4v) is 15.8. The Morgan fingerprint density at radius 1 is 1.07 bits per heavy atom. The first kappa shape index (κ1) is 12.5. The Morgan fingerprint density at radius 2 is 1.50 bits per heavy atom. The zero-order valence-electron chi connectivity index (χ0n) is 10.3. The number of rotatable bonds is 0. The number of amides is 1. The van der Waals surface area contributed by atoms with Crippen molar-refractivity contribution in [3.05, 3.63) is 8.37 Å². The van der Waals surface area contributed by atoms with Crippen molar-refractivity contribution in [1.29, 1.82) is 0 Å². The van der Waals surface area contributed by atoms with Crippen molar-refractivity contribution in [3.8, 4) is 0 Å². The first-order chi connectivity index (χ1) is 6.13. The Bertz CT molecular complexity index is 267. The molecule has 0 fully saturated rings. The Morgan fingerprint density at radius 3 is 1.64 bits per heavy atom. The third-order valence-corrected chi connectivity index (χ3v) is 18.4. The summed E-state index contributed by atoms with van der Waals surface area (Å²) in [6, 6.07) is 0. The van der Waals surface area contributed by atoms with E-state index in [9.17, 15) is 4.79 Å². The molecule has 0 spiro atoms. The van der Waals surface area contributed by atoms with Crippen molar-refractivity contribution < 1.29 is 4.79 Å². The van der Waals surface area contributed by atoms with Crippen LogP contribution in [0.25, 0.3) is 0 Å². The molecule has 2 nitrogen and oxygen atoms in total. The molecule has 1 aliphatic heterocycles. The topological polar surface area (TPSA) is 29.1 Å². The van der Waals surface area contributed by atoms with Crippen molar-refractivity contribution >= 4 is 31.9 Å². The second-order valence-corrected chi connectivity index (χ2v) is 19.2. The first-order valence-electron chi connectivity index (χ1n) is 5.55. The van der Waals surface area contributed by atoms with E-state index in [1.165, 1.54) is 0 Å². The van der Waals surface area contributed by atoms with Gasteiger partial charge < -0.3 is 0 Å². The van der Waals surface area contributed by atoms with Gasteiger partial charge in [-0.1, -0.05) is 0 Å². The van der Waals surface area contributed by atoms with Gasteiger partial charge in [-0.25, -0.2) is 0 Å². The summed E-state index contributed by atoms with van der Waals surface area (Å²) in [6.07, 6.45) is 1.87. The van der Waals surface area contributed by atoms with Crippen molar-refractivity contribution in [1.82, 2.24) is 5.32 Å². The van der Waals surface area contributed by atoms with Crippen LogP contribution < -0.4 is 5.32 Å². The van der Waals surface area contributed by atoms with Gasteiger partial charge >= 0.3 is 95.0 Å². The molecule has 1 N–H and O–H groups in total. The van der Waals surface area contributed by atoms with Crippen LogP contribution in [0.2, 0.25) is 3.02 Å². The molecule has 78 valence electrons. The molecule has 1 aliphatic rings. The first-order valence-corrected chi connectivity index (χ1v) is 10.1. The van der Waals surface area contributed by atoms with Gasteiger partial charge in [0, 0.05) is 0 Å².